The van der Waals surface area contributed by atoms with E-state index >= 15 is 0 Å². The summed E-state index contributed by atoms with van der Waals surface area (Å²) in [5.74, 6) is -0.514. The van der Waals surface area contributed by atoms with Crippen molar-refractivity contribution >= 4 is 23.2 Å². The second kappa shape index (κ2) is 8.11. The first kappa shape index (κ1) is 19.6. The molecule has 0 radical (unpaired) electrons. The second-order valence-electron chi connectivity index (χ2n) is 6.41. The molecule has 2 aromatic carbocycles. The Morgan fingerprint density at radius 3 is 2.32 bits per heavy atom. The van der Waals surface area contributed by atoms with Crippen LogP contribution in [0.4, 0.5) is 4.39 Å². The Morgan fingerprint density at radius 2 is 1.80 bits per heavy atom. The number of phenolic OH excluding ortho intramolecular Hbond substituents is 1. The molecule has 0 atom stereocenters. The van der Waals surface area contributed by atoms with Gasteiger partial charge in [0.2, 0.25) is 0 Å². The fraction of sp³-hybridized carbons (Fsp3) is 0.300. The normalized spacial score (nSPS) is 11.1. The number of phenols is 1. The number of halogens is 3. The predicted octanol–water partition coefficient (Wildman–Crippen LogP) is 6.56. The van der Waals surface area contributed by atoms with Crippen LogP contribution in [-0.4, -0.2) is 10.2 Å². The highest BCUT2D eigenvalue weighted by Crippen LogP contribution is 2.34. The van der Waals surface area contributed by atoms with Crippen molar-refractivity contribution in [1.82, 2.24) is 0 Å². The summed E-state index contributed by atoms with van der Waals surface area (Å²) in [5, 5.41) is 20.0. The van der Waals surface area contributed by atoms with Crippen molar-refractivity contribution in [3.8, 4) is 5.75 Å². The van der Waals surface area contributed by atoms with E-state index in [1.54, 1.807) is 18.2 Å². The number of rotatable bonds is 6. The van der Waals surface area contributed by atoms with Crippen LogP contribution in [-0.2, 0) is 12.8 Å². The minimum Gasteiger partial charge on any atom is -0.513 e. The summed E-state index contributed by atoms with van der Waals surface area (Å²) in [6, 6.07) is 6.59. The van der Waals surface area contributed by atoms with E-state index in [9.17, 15) is 14.6 Å². The van der Waals surface area contributed by atoms with Gasteiger partial charge >= 0.3 is 0 Å². The monoisotopic (exact) mass is 382 g/mol. The molecule has 0 aliphatic rings. The Kier molecular flexibility index (Phi) is 6.36. The lowest BCUT2D eigenvalue weighted by Gasteiger charge is -2.15. The smallest absolute Gasteiger partial charge is 0.133 e. The van der Waals surface area contributed by atoms with Crippen molar-refractivity contribution in [3.05, 3.63) is 74.7 Å². The Labute approximate surface area is 157 Å². The molecular weight excluding hydrogens is 362 g/mol. The van der Waals surface area contributed by atoms with Crippen LogP contribution in [0.2, 0.25) is 10.0 Å². The third kappa shape index (κ3) is 4.68. The predicted molar refractivity (Wildman–Crippen MR) is 102 cm³/mol. The summed E-state index contributed by atoms with van der Waals surface area (Å²) in [6.45, 7) is 7.11. The number of benzene rings is 2. The molecule has 0 fully saturated rings. The van der Waals surface area contributed by atoms with Gasteiger partial charge in [-0.1, -0.05) is 49.7 Å². The SMILES string of the molecule is C=C(O)CCc1cc(Cl)c(Cc2ccc(O)c(C(C)C)c2F)c(Cl)c1. The minimum atomic E-state index is -0.428. The molecular formula is C20H21Cl2FO2. The summed E-state index contributed by atoms with van der Waals surface area (Å²) in [5.41, 5.74) is 2.24. The molecule has 0 saturated heterocycles. The Morgan fingerprint density at radius 1 is 1.20 bits per heavy atom. The zero-order valence-electron chi connectivity index (χ0n) is 14.2. The number of allylic oxidation sites excluding steroid dienone is 1. The topological polar surface area (TPSA) is 40.5 Å². The van der Waals surface area contributed by atoms with Crippen molar-refractivity contribution in [2.45, 2.75) is 39.0 Å². The summed E-state index contributed by atoms with van der Waals surface area (Å²) in [7, 11) is 0. The molecule has 0 amide bonds. The molecule has 134 valence electrons. The third-order valence-electron chi connectivity index (χ3n) is 4.08. The van der Waals surface area contributed by atoms with Gasteiger partial charge in [0.25, 0.3) is 0 Å². The van der Waals surface area contributed by atoms with Crippen molar-refractivity contribution in [1.29, 1.82) is 0 Å². The number of aliphatic hydroxyl groups excluding tert-OH is 1. The lowest BCUT2D eigenvalue weighted by atomic mass is 9.95. The number of hydrogen-bond acceptors (Lipinski definition) is 2. The van der Waals surface area contributed by atoms with E-state index in [0.717, 1.165) is 5.56 Å². The van der Waals surface area contributed by atoms with E-state index in [1.165, 1.54) is 6.07 Å². The average Bonchev–Trinajstić information content (AvgIpc) is 2.50. The number of hydrogen-bond donors (Lipinski definition) is 2. The van der Waals surface area contributed by atoms with Gasteiger partial charge in [0.05, 0.1) is 5.76 Å². The standard InChI is InChI=1S/C20H21Cl2FO2/c1-11(2)19-18(25)7-6-14(20(19)23)10-15-16(21)8-13(9-17(15)22)5-4-12(3)24/h6-9,11,24-25H,3-5,10H2,1-2H3. The van der Waals surface area contributed by atoms with Crippen LogP contribution >= 0.6 is 23.2 Å². The fourth-order valence-corrected chi connectivity index (χ4v) is 3.43. The van der Waals surface area contributed by atoms with E-state index in [0.29, 0.717) is 39.6 Å². The van der Waals surface area contributed by atoms with Crippen LogP contribution in [0.3, 0.4) is 0 Å². The van der Waals surface area contributed by atoms with Crippen LogP contribution in [0.15, 0.2) is 36.6 Å². The Hall–Kier alpha value is -1.71. The molecule has 0 bridgehead atoms. The zero-order chi connectivity index (χ0) is 18.7. The van der Waals surface area contributed by atoms with Gasteiger partial charge < -0.3 is 10.2 Å². The number of aliphatic hydroxyl groups is 1. The Bertz CT molecular complexity index is 778. The maximum atomic E-state index is 14.7. The van der Waals surface area contributed by atoms with Gasteiger partial charge in [-0.3, -0.25) is 0 Å². The summed E-state index contributed by atoms with van der Waals surface area (Å²) in [6.07, 6.45) is 1.23. The largest absolute Gasteiger partial charge is 0.513 e. The summed E-state index contributed by atoms with van der Waals surface area (Å²) >= 11 is 12.7. The highest BCUT2D eigenvalue weighted by molar-refractivity contribution is 6.36. The van der Waals surface area contributed by atoms with E-state index in [4.69, 9.17) is 23.2 Å². The molecule has 0 aliphatic heterocycles. The van der Waals surface area contributed by atoms with E-state index in [-0.39, 0.29) is 23.8 Å². The molecule has 0 spiro atoms. The molecule has 0 saturated carbocycles. The highest BCUT2D eigenvalue weighted by Gasteiger charge is 2.18. The molecule has 0 aromatic heterocycles. The lowest BCUT2D eigenvalue weighted by molar-refractivity contribution is 0.391. The quantitative estimate of drug-likeness (QED) is 0.555. The van der Waals surface area contributed by atoms with Gasteiger partial charge in [-0.25, -0.2) is 4.39 Å². The molecule has 2 rings (SSSR count). The number of aromatic hydroxyl groups is 1. The van der Waals surface area contributed by atoms with Gasteiger partial charge in [-0.05, 0) is 47.2 Å². The zero-order valence-corrected chi connectivity index (χ0v) is 15.8. The molecule has 25 heavy (non-hydrogen) atoms. The molecule has 0 unspecified atom stereocenters. The van der Waals surface area contributed by atoms with Gasteiger partial charge in [-0.15, -0.1) is 0 Å². The first-order chi connectivity index (χ1) is 11.7. The van der Waals surface area contributed by atoms with Gasteiger partial charge in [0, 0.05) is 28.5 Å². The molecule has 2 N–H and O–H groups in total. The van der Waals surface area contributed by atoms with Gasteiger partial charge in [-0.2, -0.15) is 0 Å². The van der Waals surface area contributed by atoms with Crippen LogP contribution < -0.4 is 0 Å². The van der Waals surface area contributed by atoms with Crippen molar-refractivity contribution in [2.75, 3.05) is 0 Å². The highest BCUT2D eigenvalue weighted by atomic mass is 35.5. The van der Waals surface area contributed by atoms with Crippen molar-refractivity contribution < 1.29 is 14.6 Å². The minimum absolute atomic E-state index is 0.0481. The van der Waals surface area contributed by atoms with Crippen LogP contribution in [0.5, 0.6) is 5.75 Å². The van der Waals surface area contributed by atoms with Gasteiger partial charge in [0.15, 0.2) is 0 Å². The third-order valence-corrected chi connectivity index (χ3v) is 4.76. The molecule has 0 aliphatic carbocycles. The Balaban J connectivity index is 2.35. The van der Waals surface area contributed by atoms with E-state index in [2.05, 4.69) is 6.58 Å². The van der Waals surface area contributed by atoms with Crippen molar-refractivity contribution in [2.24, 2.45) is 0 Å². The molecule has 0 heterocycles. The van der Waals surface area contributed by atoms with Gasteiger partial charge in [0.1, 0.15) is 11.6 Å². The molecule has 5 heteroatoms. The summed E-state index contributed by atoms with van der Waals surface area (Å²) in [4.78, 5) is 0. The first-order valence-electron chi connectivity index (χ1n) is 8.04. The lowest BCUT2D eigenvalue weighted by Crippen LogP contribution is -2.02. The van der Waals surface area contributed by atoms with Crippen LogP contribution in [0.25, 0.3) is 0 Å². The average molecular weight is 383 g/mol. The fourth-order valence-electron chi connectivity index (χ4n) is 2.76. The van der Waals surface area contributed by atoms with Crippen LogP contribution in [0, 0.1) is 5.82 Å². The van der Waals surface area contributed by atoms with E-state index < -0.39 is 5.82 Å². The maximum Gasteiger partial charge on any atom is 0.133 e. The van der Waals surface area contributed by atoms with Crippen LogP contribution in [0.1, 0.15) is 48.4 Å². The van der Waals surface area contributed by atoms with E-state index in [1.807, 2.05) is 13.8 Å². The summed E-state index contributed by atoms with van der Waals surface area (Å²) < 4.78 is 14.7. The first-order valence-corrected chi connectivity index (χ1v) is 8.80. The number of aryl methyl sites for hydroxylation is 1. The second-order valence-corrected chi connectivity index (χ2v) is 7.22. The molecule has 2 nitrogen and oxygen atoms in total. The molecule has 2 aromatic rings. The maximum absolute atomic E-state index is 14.7. The van der Waals surface area contributed by atoms with Crippen molar-refractivity contribution in [3.63, 3.8) is 0 Å².